The third-order valence-electron chi connectivity index (χ3n) is 4.93. The van der Waals surface area contributed by atoms with Gasteiger partial charge in [-0.3, -0.25) is 14.7 Å². The van der Waals surface area contributed by atoms with Gasteiger partial charge in [0.1, 0.15) is 11.3 Å². The van der Waals surface area contributed by atoms with Gasteiger partial charge in [0.25, 0.3) is 0 Å². The third-order valence-corrected chi connectivity index (χ3v) is 6.47. The molecular weight excluding hydrogens is 382 g/mol. The van der Waals surface area contributed by atoms with Crippen molar-refractivity contribution in [3.05, 3.63) is 47.2 Å². The van der Waals surface area contributed by atoms with Crippen molar-refractivity contribution >= 4 is 44.2 Å². The highest BCUT2D eigenvalue weighted by Gasteiger charge is 2.30. The topological polar surface area (TPSA) is 55.3 Å². The Labute approximate surface area is 167 Å². The van der Waals surface area contributed by atoms with E-state index in [-0.39, 0.29) is 11.8 Å². The molecule has 1 amide bonds. The van der Waals surface area contributed by atoms with Crippen LogP contribution in [0, 0.1) is 5.92 Å². The molecule has 5 nitrogen and oxygen atoms in total. The van der Waals surface area contributed by atoms with Crippen molar-refractivity contribution in [3.63, 3.8) is 0 Å². The zero-order valence-corrected chi connectivity index (χ0v) is 16.6. The lowest BCUT2D eigenvalue weighted by atomic mass is 10.1. The van der Waals surface area contributed by atoms with Crippen LogP contribution < -0.4 is 9.64 Å². The Bertz CT molecular complexity index is 955. The van der Waals surface area contributed by atoms with E-state index in [4.69, 9.17) is 21.3 Å². The monoisotopic (exact) mass is 401 g/mol. The van der Waals surface area contributed by atoms with E-state index in [0.717, 1.165) is 35.9 Å². The average molecular weight is 402 g/mol. The zero-order valence-electron chi connectivity index (χ0n) is 15.0. The highest BCUT2D eigenvalue weighted by molar-refractivity contribution is 7.23. The molecule has 0 radical (unpaired) electrons. The zero-order chi connectivity index (χ0) is 18.8. The Morgan fingerprint density at radius 1 is 1.33 bits per heavy atom. The number of nitrogens with zero attached hydrogens (tertiary/aromatic N) is 3. The summed E-state index contributed by atoms with van der Waals surface area (Å²) in [5, 5.41) is 1.27. The molecule has 0 N–H and O–H groups in total. The number of methoxy groups -OCH3 is 1. The van der Waals surface area contributed by atoms with E-state index in [9.17, 15) is 4.79 Å². The Balaban J connectivity index is 1.76. The van der Waals surface area contributed by atoms with Gasteiger partial charge in [-0.25, -0.2) is 4.98 Å². The minimum Gasteiger partial charge on any atom is -0.494 e. The molecule has 1 aliphatic rings. The number of thiazole rings is 1. The molecule has 0 unspecified atom stereocenters. The summed E-state index contributed by atoms with van der Waals surface area (Å²) in [6, 6.07) is 7.46. The lowest BCUT2D eigenvalue weighted by Crippen LogP contribution is -2.34. The van der Waals surface area contributed by atoms with E-state index in [0.29, 0.717) is 28.0 Å². The molecule has 2 aromatic heterocycles. The first-order chi connectivity index (χ1) is 13.2. The lowest BCUT2D eigenvalue weighted by Gasteiger charge is -2.23. The minimum atomic E-state index is 0.0612. The minimum absolute atomic E-state index is 0.0612. The number of rotatable bonds is 5. The number of hydrogen-bond acceptors (Lipinski definition) is 5. The normalized spacial score (nSPS) is 14.6. The molecule has 0 atom stereocenters. The molecule has 0 bridgehead atoms. The first-order valence-electron chi connectivity index (χ1n) is 9.00. The number of amides is 1. The number of ether oxygens (including phenoxy) is 1. The van der Waals surface area contributed by atoms with Crippen molar-refractivity contribution < 1.29 is 9.53 Å². The summed E-state index contributed by atoms with van der Waals surface area (Å²) in [4.78, 5) is 24.0. The van der Waals surface area contributed by atoms with Crippen LogP contribution in [-0.2, 0) is 11.3 Å². The maximum atomic E-state index is 13.3. The van der Waals surface area contributed by atoms with Gasteiger partial charge in [-0.15, -0.1) is 0 Å². The van der Waals surface area contributed by atoms with E-state index in [1.54, 1.807) is 36.5 Å². The third kappa shape index (κ3) is 3.64. The van der Waals surface area contributed by atoms with Gasteiger partial charge < -0.3 is 4.74 Å². The maximum absolute atomic E-state index is 13.3. The molecule has 27 heavy (non-hydrogen) atoms. The number of benzene rings is 1. The van der Waals surface area contributed by atoms with Crippen molar-refractivity contribution in [2.75, 3.05) is 12.0 Å². The van der Waals surface area contributed by atoms with Gasteiger partial charge in [0.15, 0.2) is 5.13 Å². The molecule has 0 spiro atoms. The second-order valence-corrected chi connectivity index (χ2v) is 8.08. The number of carbonyl (C=O) groups excluding carboxylic acids is 1. The van der Waals surface area contributed by atoms with E-state index in [1.165, 1.54) is 11.3 Å². The lowest BCUT2D eigenvalue weighted by molar-refractivity contribution is -0.122. The molecule has 140 valence electrons. The van der Waals surface area contributed by atoms with Gasteiger partial charge in [0.05, 0.1) is 23.4 Å². The number of carbonyl (C=O) groups is 1. The molecule has 4 rings (SSSR count). The van der Waals surface area contributed by atoms with Crippen molar-refractivity contribution in [2.24, 2.45) is 5.92 Å². The number of halogens is 1. The Morgan fingerprint density at radius 3 is 2.85 bits per heavy atom. The highest BCUT2D eigenvalue weighted by Crippen LogP contribution is 2.40. The van der Waals surface area contributed by atoms with Gasteiger partial charge in [0, 0.05) is 18.3 Å². The van der Waals surface area contributed by atoms with E-state index in [1.807, 2.05) is 12.1 Å². The van der Waals surface area contributed by atoms with Crippen LogP contribution in [0.5, 0.6) is 5.75 Å². The van der Waals surface area contributed by atoms with E-state index < -0.39 is 0 Å². The summed E-state index contributed by atoms with van der Waals surface area (Å²) in [5.41, 5.74) is 1.67. The second-order valence-electron chi connectivity index (χ2n) is 6.69. The predicted molar refractivity (Wildman–Crippen MR) is 109 cm³/mol. The second kappa shape index (κ2) is 7.82. The molecule has 0 saturated heterocycles. The Kier molecular flexibility index (Phi) is 5.27. The number of anilines is 1. The van der Waals surface area contributed by atoms with Crippen LogP contribution in [0.2, 0.25) is 5.02 Å². The molecule has 0 aliphatic heterocycles. The molecule has 3 aromatic rings. The van der Waals surface area contributed by atoms with Crippen LogP contribution in [0.25, 0.3) is 10.2 Å². The van der Waals surface area contributed by atoms with Gasteiger partial charge in [-0.1, -0.05) is 41.8 Å². The van der Waals surface area contributed by atoms with Crippen LogP contribution >= 0.6 is 22.9 Å². The summed E-state index contributed by atoms with van der Waals surface area (Å²) in [6.07, 6.45) is 7.62. The number of pyridine rings is 1. The number of aromatic nitrogens is 2. The standard InChI is InChI=1S/C20H20ClN3O2S/c1-26-16-9-8-15(21)18-17(16)23-20(27-18)24(12-13-5-4-10-22-11-13)19(25)14-6-2-3-7-14/h4-5,8-11,14H,2-3,6-7,12H2,1H3. The van der Waals surface area contributed by atoms with Crippen molar-refractivity contribution in [3.8, 4) is 5.75 Å². The summed E-state index contributed by atoms with van der Waals surface area (Å²) >= 11 is 7.80. The Hall–Kier alpha value is -2.18. The van der Waals surface area contributed by atoms with E-state index >= 15 is 0 Å². The molecule has 1 saturated carbocycles. The fourth-order valence-electron chi connectivity index (χ4n) is 3.53. The van der Waals surface area contributed by atoms with Crippen molar-refractivity contribution in [1.29, 1.82) is 0 Å². The smallest absolute Gasteiger partial charge is 0.232 e. The Morgan fingerprint density at radius 2 is 2.15 bits per heavy atom. The molecule has 2 heterocycles. The highest BCUT2D eigenvalue weighted by atomic mass is 35.5. The van der Waals surface area contributed by atoms with Crippen LogP contribution in [0.15, 0.2) is 36.7 Å². The number of fused-ring (bicyclic) bond motifs is 1. The van der Waals surface area contributed by atoms with Crippen molar-refractivity contribution in [2.45, 2.75) is 32.2 Å². The van der Waals surface area contributed by atoms with Crippen molar-refractivity contribution in [1.82, 2.24) is 9.97 Å². The summed E-state index contributed by atoms with van der Waals surface area (Å²) in [6.45, 7) is 0.447. The molecule has 1 aliphatic carbocycles. The molecular formula is C20H20ClN3O2S. The first-order valence-corrected chi connectivity index (χ1v) is 10.2. The predicted octanol–water partition coefficient (Wildman–Crippen LogP) is 5.08. The van der Waals surface area contributed by atoms with E-state index in [2.05, 4.69) is 4.98 Å². The number of hydrogen-bond donors (Lipinski definition) is 0. The largest absolute Gasteiger partial charge is 0.494 e. The van der Waals surface area contributed by atoms with Crippen LogP contribution in [0.1, 0.15) is 31.2 Å². The molecule has 1 aromatic carbocycles. The molecule has 1 fully saturated rings. The summed E-state index contributed by atoms with van der Waals surface area (Å²) < 4.78 is 6.26. The fraction of sp³-hybridized carbons (Fsp3) is 0.350. The SMILES string of the molecule is COc1ccc(Cl)c2sc(N(Cc3cccnc3)C(=O)C3CCCC3)nc12. The summed E-state index contributed by atoms with van der Waals surface area (Å²) in [7, 11) is 1.61. The van der Waals surface area contributed by atoms with Gasteiger partial charge in [-0.05, 0) is 36.6 Å². The van der Waals surface area contributed by atoms with Gasteiger partial charge >= 0.3 is 0 Å². The van der Waals surface area contributed by atoms with Crippen LogP contribution in [0.4, 0.5) is 5.13 Å². The maximum Gasteiger partial charge on any atom is 0.232 e. The van der Waals surface area contributed by atoms with Gasteiger partial charge in [0.2, 0.25) is 5.91 Å². The van der Waals surface area contributed by atoms with Gasteiger partial charge in [-0.2, -0.15) is 0 Å². The first kappa shape index (κ1) is 18.2. The quantitative estimate of drug-likeness (QED) is 0.598. The summed E-state index contributed by atoms with van der Waals surface area (Å²) in [5.74, 6) is 0.850. The average Bonchev–Trinajstić information content (AvgIpc) is 3.37. The fourth-order valence-corrected chi connectivity index (χ4v) is 4.79. The molecule has 7 heteroatoms. The van der Waals surface area contributed by atoms with Crippen LogP contribution in [0.3, 0.4) is 0 Å². The van der Waals surface area contributed by atoms with Crippen LogP contribution in [-0.4, -0.2) is 23.0 Å².